The molecule has 0 saturated carbocycles. The fraction of sp³-hybridized carbons (Fsp3) is 0.0938. The van der Waals surface area contributed by atoms with Crippen molar-refractivity contribution in [2.24, 2.45) is 0 Å². The standard InChI is InChI=1S/C32H24ClN5O2/c1-19-7-5-11-24(36-19)12-14-35-31(39)26-17-23-16-25(22-15-21-10-6-13-34-29(21)27(33)18-22)28(20-8-3-2-4-9-20)37-30(23)38-32(26)40/h2-11,13,15-18H,12,14H2,1H3,(H,35,39)(H,37,38,40). The Balaban J connectivity index is 1.42. The second-order valence-corrected chi connectivity index (χ2v) is 9.92. The van der Waals surface area contributed by atoms with E-state index in [4.69, 9.17) is 16.6 Å². The van der Waals surface area contributed by atoms with Crippen LogP contribution in [0.25, 0.3) is 44.3 Å². The fourth-order valence-electron chi connectivity index (χ4n) is 4.78. The van der Waals surface area contributed by atoms with Crippen molar-refractivity contribution in [3.8, 4) is 22.4 Å². The first-order valence-electron chi connectivity index (χ1n) is 12.9. The summed E-state index contributed by atoms with van der Waals surface area (Å²) < 4.78 is 0. The predicted molar refractivity (Wildman–Crippen MR) is 159 cm³/mol. The number of halogens is 1. The van der Waals surface area contributed by atoms with Gasteiger partial charge in [0, 0.05) is 52.4 Å². The number of carbonyl (C=O) groups is 1. The summed E-state index contributed by atoms with van der Waals surface area (Å²) in [7, 11) is 0. The lowest BCUT2D eigenvalue weighted by molar-refractivity contribution is 0.0952. The number of benzene rings is 2. The van der Waals surface area contributed by atoms with E-state index in [1.807, 2.05) is 85.8 Å². The van der Waals surface area contributed by atoms with Gasteiger partial charge in [0.2, 0.25) is 0 Å². The van der Waals surface area contributed by atoms with Crippen LogP contribution in [0.3, 0.4) is 0 Å². The maximum absolute atomic E-state index is 13.0. The van der Waals surface area contributed by atoms with Crippen molar-refractivity contribution in [1.82, 2.24) is 25.3 Å². The number of carbonyl (C=O) groups excluding carboxylic acids is 1. The third-order valence-corrected chi connectivity index (χ3v) is 6.99. The summed E-state index contributed by atoms with van der Waals surface area (Å²) >= 11 is 6.63. The van der Waals surface area contributed by atoms with Crippen molar-refractivity contribution in [2.45, 2.75) is 13.3 Å². The highest BCUT2D eigenvalue weighted by molar-refractivity contribution is 6.35. The number of pyridine rings is 4. The lowest BCUT2D eigenvalue weighted by Crippen LogP contribution is -2.31. The molecule has 0 aliphatic carbocycles. The van der Waals surface area contributed by atoms with Gasteiger partial charge in [-0.2, -0.15) is 0 Å². The molecule has 2 aromatic carbocycles. The van der Waals surface area contributed by atoms with Crippen LogP contribution in [0, 0.1) is 6.92 Å². The lowest BCUT2D eigenvalue weighted by atomic mass is 9.96. The molecule has 0 saturated heterocycles. The molecule has 0 atom stereocenters. The summed E-state index contributed by atoms with van der Waals surface area (Å²) in [5.74, 6) is -0.454. The SMILES string of the molecule is Cc1cccc(CCNC(=O)c2cc3cc(-c4cc(Cl)c5ncccc5c4)c(-c4ccccc4)nc3[nH]c2=O)n1. The molecule has 4 aromatic heterocycles. The Morgan fingerprint density at radius 2 is 1.75 bits per heavy atom. The zero-order valence-electron chi connectivity index (χ0n) is 21.6. The molecule has 0 aliphatic rings. The van der Waals surface area contributed by atoms with Crippen LogP contribution in [0.15, 0.2) is 95.9 Å². The van der Waals surface area contributed by atoms with Gasteiger partial charge in [-0.25, -0.2) is 4.98 Å². The monoisotopic (exact) mass is 545 g/mol. The van der Waals surface area contributed by atoms with Crippen LogP contribution < -0.4 is 10.9 Å². The first-order chi connectivity index (χ1) is 19.5. The number of hydrogen-bond acceptors (Lipinski definition) is 5. The van der Waals surface area contributed by atoms with Crippen molar-refractivity contribution < 1.29 is 4.79 Å². The number of aromatic amines is 1. The number of hydrogen-bond donors (Lipinski definition) is 2. The topological polar surface area (TPSA) is 101 Å². The van der Waals surface area contributed by atoms with Crippen molar-refractivity contribution in [2.75, 3.05) is 6.54 Å². The van der Waals surface area contributed by atoms with Gasteiger partial charge in [-0.1, -0.05) is 54.1 Å². The van der Waals surface area contributed by atoms with Gasteiger partial charge < -0.3 is 10.3 Å². The third kappa shape index (κ3) is 5.07. The molecule has 6 aromatic rings. The zero-order valence-corrected chi connectivity index (χ0v) is 22.4. The molecule has 0 spiro atoms. The molecule has 196 valence electrons. The van der Waals surface area contributed by atoms with Crippen LogP contribution in [0.2, 0.25) is 5.02 Å². The van der Waals surface area contributed by atoms with Gasteiger partial charge in [-0.15, -0.1) is 0 Å². The van der Waals surface area contributed by atoms with Gasteiger partial charge >= 0.3 is 0 Å². The number of fused-ring (bicyclic) bond motifs is 2. The van der Waals surface area contributed by atoms with Gasteiger partial charge in [0.05, 0.1) is 16.2 Å². The predicted octanol–water partition coefficient (Wildman–Crippen LogP) is 6.13. The highest BCUT2D eigenvalue weighted by Crippen LogP contribution is 2.36. The van der Waals surface area contributed by atoms with E-state index in [-0.39, 0.29) is 5.56 Å². The average Bonchev–Trinajstić information content (AvgIpc) is 2.96. The largest absolute Gasteiger partial charge is 0.351 e. The molecule has 0 unspecified atom stereocenters. The number of rotatable bonds is 6. The Labute approximate surface area is 234 Å². The maximum Gasteiger partial charge on any atom is 0.262 e. The van der Waals surface area contributed by atoms with E-state index in [0.29, 0.717) is 40.2 Å². The number of nitrogens with one attached hydrogen (secondary N) is 2. The summed E-state index contributed by atoms with van der Waals surface area (Å²) in [6.45, 7) is 2.28. The van der Waals surface area contributed by atoms with Gasteiger partial charge in [-0.3, -0.25) is 19.6 Å². The van der Waals surface area contributed by atoms with E-state index in [2.05, 4.69) is 20.3 Å². The second kappa shape index (κ2) is 10.7. The van der Waals surface area contributed by atoms with Crippen molar-refractivity contribution in [1.29, 1.82) is 0 Å². The minimum atomic E-state index is -0.502. The molecule has 7 nitrogen and oxygen atoms in total. The van der Waals surface area contributed by atoms with Crippen LogP contribution in [0.4, 0.5) is 0 Å². The maximum atomic E-state index is 13.0. The van der Waals surface area contributed by atoms with E-state index in [1.165, 1.54) is 0 Å². The van der Waals surface area contributed by atoms with Crippen LogP contribution >= 0.6 is 11.6 Å². The molecule has 1 amide bonds. The van der Waals surface area contributed by atoms with Crippen LogP contribution in [0.1, 0.15) is 21.7 Å². The first-order valence-corrected chi connectivity index (χ1v) is 13.2. The van der Waals surface area contributed by atoms with E-state index in [1.54, 1.807) is 12.3 Å². The summed E-state index contributed by atoms with van der Waals surface area (Å²) in [6.07, 6.45) is 2.27. The van der Waals surface area contributed by atoms with E-state index in [0.717, 1.165) is 33.5 Å². The smallest absolute Gasteiger partial charge is 0.262 e. The van der Waals surface area contributed by atoms with Crippen molar-refractivity contribution in [3.63, 3.8) is 0 Å². The van der Waals surface area contributed by atoms with Gasteiger partial charge in [-0.05, 0) is 55.0 Å². The molecule has 0 radical (unpaired) electrons. The summed E-state index contributed by atoms with van der Waals surface area (Å²) in [6, 6.07) is 26.7. The molecule has 2 N–H and O–H groups in total. The number of nitrogens with zero attached hydrogens (tertiary/aromatic N) is 3. The van der Waals surface area contributed by atoms with Crippen LogP contribution in [-0.2, 0) is 6.42 Å². The molecular weight excluding hydrogens is 522 g/mol. The highest BCUT2D eigenvalue weighted by Gasteiger charge is 2.17. The average molecular weight is 546 g/mol. The Morgan fingerprint density at radius 3 is 2.58 bits per heavy atom. The molecule has 0 fully saturated rings. The van der Waals surface area contributed by atoms with Crippen LogP contribution in [-0.4, -0.2) is 32.4 Å². The number of aryl methyl sites for hydroxylation is 1. The molecule has 0 aliphatic heterocycles. The summed E-state index contributed by atoms with van der Waals surface area (Å²) in [5, 5.41) is 4.89. The highest BCUT2D eigenvalue weighted by atomic mass is 35.5. The van der Waals surface area contributed by atoms with E-state index < -0.39 is 11.5 Å². The molecule has 40 heavy (non-hydrogen) atoms. The quantitative estimate of drug-likeness (QED) is 0.262. The van der Waals surface area contributed by atoms with Gasteiger partial charge in [0.1, 0.15) is 11.2 Å². The minimum Gasteiger partial charge on any atom is -0.351 e. The molecule has 6 rings (SSSR count). The Kier molecular flexibility index (Phi) is 6.80. The van der Waals surface area contributed by atoms with Gasteiger partial charge in [0.25, 0.3) is 11.5 Å². The van der Waals surface area contributed by atoms with Crippen molar-refractivity contribution in [3.05, 3.63) is 123 Å². The van der Waals surface area contributed by atoms with E-state index in [9.17, 15) is 9.59 Å². The lowest BCUT2D eigenvalue weighted by Gasteiger charge is -2.13. The summed E-state index contributed by atoms with van der Waals surface area (Å²) in [5.41, 5.74) is 5.64. The second-order valence-electron chi connectivity index (χ2n) is 9.51. The van der Waals surface area contributed by atoms with E-state index >= 15 is 0 Å². The number of amides is 1. The molecular formula is C32H24ClN5O2. The molecule has 8 heteroatoms. The number of aromatic nitrogens is 4. The first kappa shape index (κ1) is 25.4. The minimum absolute atomic E-state index is 0.0191. The molecule has 0 bridgehead atoms. The van der Waals surface area contributed by atoms with Crippen LogP contribution in [0.5, 0.6) is 0 Å². The van der Waals surface area contributed by atoms with Gasteiger partial charge in [0.15, 0.2) is 0 Å². The Bertz CT molecular complexity index is 1950. The normalized spacial score (nSPS) is 11.2. The Morgan fingerprint density at radius 1 is 0.900 bits per heavy atom. The summed E-state index contributed by atoms with van der Waals surface area (Å²) in [4.78, 5) is 42.5. The molecule has 4 heterocycles. The van der Waals surface area contributed by atoms with Crippen molar-refractivity contribution >= 4 is 39.4 Å². The third-order valence-electron chi connectivity index (χ3n) is 6.70. The fourth-order valence-corrected chi connectivity index (χ4v) is 5.06. The number of H-pyrrole nitrogens is 1. The Hall–Kier alpha value is -4.88. The zero-order chi connectivity index (χ0) is 27.6.